The summed E-state index contributed by atoms with van der Waals surface area (Å²) in [6.45, 7) is 4.30. The summed E-state index contributed by atoms with van der Waals surface area (Å²) in [5.41, 5.74) is 6.67. The van der Waals surface area contributed by atoms with Crippen LogP contribution in [0.1, 0.15) is 37.3 Å². The predicted molar refractivity (Wildman–Crippen MR) is 125 cm³/mol. The average molecular weight is 431 g/mol. The number of para-hydroxylation sites is 1. The first kappa shape index (κ1) is 20.1. The van der Waals surface area contributed by atoms with Crippen LogP contribution in [-0.4, -0.2) is 21.4 Å². The molecule has 1 aliphatic heterocycles. The van der Waals surface area contributed by atoms with Crippen molar-refractivity contribution in [2.24, 2.45) is 5.92 Å². The zero-order valence-electron chi connectivity index (χ0n) is 17.8. The molecule has 1 N–H and O–H groups in total. The molecule has 31 heavy (non-hydrogen) atoms. The van der Waals surface area contributed by atoms with E-state index in [1.165, 1.54) is 16.7 Å². The number of aromatic nitrogens is 3. The van der Waals surface area contributed by atoms with Crippen LogP contribution in [0.4, 0.5) is 5.69 Å². The Morgan fingerprint density at radius 1 is 1.06 bits per heavy atom. The Balaban J connectivity index is 1.43. The second-order valence-electron chi connectivity index (χ2n) is 8.34. The van der Waals surface area contributed by atoms with E-state index >= 15 is 0 Å². The highest BCUT2D eigenvalue weighted by molar-refractivity contribution is 7.98. The fraction of sp³-hybridized carbons (Fsp3) is 0.320. The molecular formula is C25H26N4OS. The van der Waals surface area contributed by atoms with Crippen LogP contribution < -0.4 is 10.1 Å². The monoisotopic (exact) mass is 430 g/mol. The van der Waals surface area contributed by atoms with Gasteiger partial charge in [0.1, 0.15) is 0 Å². The summed E-state index contributed by atoms with van der Waals surface area (Å²) in [6, 6.07) is 16.7. The van der Waals surface area contributed by atoms with Gasteiger partial charge in [0.15, 0.2) is 11.9 Å². The van der Waals surface area contributed by atoms with E-state index in [0.29, 0.717) is 22.6 Å². The predicted octanol–water partition coefficient (Wildman–Crippen LogP) is 6.02. The molecule has 5 nitrogen and oxygen atoms in total. The quantitative estimate of drug-likeness (QED) is 0.404. The molecule has 6 heteroatoms. The fourth-order valence-corrected chi connectivity index (χ4v) is 4.77. The van der Waals surface area contributed by atoms with E-state index < -0.39 is 0 Å². The number of rotatable bonds is 4. The lowest BCUT2D eigenvalue weighted by molar-refractivity contribution is 0.145. The number of aryl methyl sites for hydroxylation is 1. The van der Waals surface area contributed by atoms with Gasteiger partial charge in [-0.3, -0.25) is 0 Å². The Bertz CT molecular complexity index is 1110. The van der Waals surface area contributed by atoms with Crippen LogP contribution in [0.15, 0.2) is 65.3 Å². The molecule has 1 aliphatic carbocycles. The Kier molecular flexibility index (Phi) is 5.64. The van der Waals surface area contributed by atoms with Gasteiger partial charge in [0, 0.05) is 22.9 Å². The van der Waals surface area contributed by atoms with E-state index in [1.807, 2.05) is 18.2 Å². The molecule has 0 saturated heterocycles. The molecule has 2 heterocycles. The van der Waals surface area contributed by atoms with Crippen molar-refractivity contribution in [1.29, 1.82) is 0 Å². The molecule has 0 radical (unpaired) electrons. The molecule has 158 valence electrons. The molecule has 2 aromatic carbocycles. The number of fused-ring (bicyclic) bond motifs is 3. The Morgan fingerprint density at radius 2 is 1.90 bits per heavy atom. The van der Waals surface area contributed by atoms with E-state index in [-0.39, 0.29) is 6.23 Å². The number of ether oxygens (including phenoxy) is 1. The number of anilines is 1. The number of thioether (sulfide) groups is 1. The Labute approximate surface area is 187 Å². The fourth-order valence-electron chi connectivity index (χ4n) is 4.04. The Hall–Kier alpha value is -2.86. The molecule has 2 atom stereocenters. The minimum absolute atomic E-state index is 0.140. The van der Waals surface area contributed by atoms with Crippen LogP contribution >= 0.6 is 11.8 Å². The second kappa shape index (κ2) is 8.71. The zero-order chi connectivity index (χ0) is 21.2. The first-order valence-electron chi connectivity index (χ1n) is 10.8. The maximum atomic E-state index is 6.46. The van der Waals surface area contributed by atoms with Gasteiger partial charge >= 0.3 is 0 Å². The lowest BCUT2D eigenvalue weighted by Gasteiger charge is -2.29. The third kappa shape index (κ3) is 4.44. The summed E-state index contributed by atoms with van der Waals surface area (Å²) in [6.07, 6.45) is 5.41. The van der Waals surface area contributed by atoms with Crippen LogP contribution in [-0.2, 0) is 5.75 Å². The van der Waals surface area contributed by atoms with Crippen molar-refractivity contribution in [3.05, 3.63) is 71.3 Å². The second-order valence-corrected chi connectivity index (χ2v) is 9.28. The third-order valence-electron chi connectivity index (χ3n) is 5.95. The topological polar surface area (TPSA) is 59.9 Å². The smallest absolute Gasteiger partial charge is 0.247 e. The number of hydrogen-bond acceptors (Lipinski definition) is 6. The minimum atomic E-state index is -0.140. The highest BCUT2D eigenvalue weighted by Crippen LogP contribution is 2.39. The largest absolute Gasteiger partial charge is 0.452 e. The van der Waals surface area contributed by atoms with Gasteiger partial charge in [0.25, 0.3) is 0 Å². The van der Waals surface area contributed by atoms with Gasteiger partial charge in [-0.05, 0) is 44.7 Å². The lowest BCUT2D eigenvalue weighted by atomic mass is 9.89. The summed E-state index contributed by atoms with van der Waals surface area (Å²) in [4.78, 5) is 4.78. The first-order valence-corrected chi connectivity index (χ1v) is 11.8. The highest BCUT2D eigenvalue weighted by Gasteiger charge is 2.31. The van der Waals surface area contributed by atoms with Crippen LogP contribution in [0, 0.1) is 12.8 Å². The van der Waals surface area contributed by atoms with Crippen molar-refractivity contribution in [1.82, 2.24) is 15.2 Å². The van der Waals surface area contributed by atoms with E-state index in [4.69, 9.17) is 9.72 Å². The number of allylic oxidation sites excluding steroid dienone is 2. The first-order chi connectivity index (χ1) is 15.2. The molecule has 1 aromatic heterocycles. The number of benzene rings is 2. The van der Waals surface area contributed by atoms with Gasteiger partial charge in [-0.2, -0.15) is 4.98 Å². The highest BCUT2D eigenvalue weighted by atomic mass is 32.2. The standard InChI is InChI=1S/C25H26N4OS/c1-16-7-11-18(12-8-16)15-31-25-27-24-22(28-29-25)20-5-3-4-6-21(20)26-23(30-24)19-13-9-17(2)10-14-19/h3-9,11-12,19,23,26H,10,13-15H2,1-2H3/t19-,23+/m1/s1. The van der Waals surface area contributed by atoms with E-state index in [0.717, 1.165) is 36.3 Å². The number of nitrogens with one attached hydrogen (secondary N) is 1. The van der Waals surface area contributed by atoms with Crippen LogP contribution in [0.2, 0.25) is 0 Å². The van der Waals surface area contributed by atoms with Crippen molar-refractivity contribution in [3.63, 3.8) is 0 Å². The zero-order valence-corrected chi connectivity index (χ0v) is 18.7. The van der Waals surface area contributed by atoms with Crippen molar-refractivity contribution in [2.45, 2.75) is 50.2 Å². The molecule has 0 spiro atoms. The summed E-state index contributed by atoms with van der Waals surface area (Å²) >= 11 is 1.58. The molecule has 2 aliphatic rings. The third-order valence-corrected chi connectivity index (χ3v) is 6.86. The minimum Gasteiger partial charge on any atom is -0.452 e. The van der Waals surface area contributed by atoms with Gasteiger partial charge in [0.05, 0.1) is 0 Å². The lowest BCUT2D eigenvalue weighted by Crippen LogP contribution is -2.35. The van der Waals surface area contributed by atoms with Crippen LogP contribution in [0.3, 0.4) is 0 Å². The molecule has 0 amide bonds. The van der Waals surface area contributed by atoms with Gasteiger partial charge in [-0.15, -0.1) is 10.2 Å². The molecular weight excluding hydrogens is 404 g/mol. The van der Waals surface area contributed by atoms with Crippen LogP contribution in [0.5, 0.6) is 5.88 Å². The van der Waals surface area contributed by atoms with Gasteiger partial charge < -0.3 is 10.1 Å². The maximum absolute atomic E-state index is 6.46. The van der Waals surface area contributed by atoms with Crippen molar-refractivity contribution in [2.75, 3.05) is 5.32 Å². The van der Waals surface area contributed by atoms with Gasteiger partial charge in [0.2, 0.25) is 11.0 Å². The van der Waals surface area contributed by atoms with Gasteiger partial charge in [-0.25, -0.2) is 0 Å². The number of nitrogens with zero attached hydrogens (tertiary/aromatic N) is 3. The van der Waals surface area contributed by atoms with Gasteiger partial charge in [-0.1, -0.05) is 71.4 Å². The van der Waals surface area contributed by atoms with E-state index in [9.17, 15) is 0 Å². The summed E-state index contributed by atoms with van der Waals surface area (Å²) < 4.78 is 6.46. The molecule has 0 unspecified atom stereocenters. The summed E-state index contributed by atoms with van der Waals surface area (Å²) in [5, 5.41) is 13.2. The molecule has 0 fully saturated rings. The van der Waals surface area contributed by atoms with Crippen molar-refractivity contribution >= 4 is 17.4 Å². The molecule has 3 aromatic rings. The number of hydrogen-bond donors (Lipinski definition) is 1. The van der Waals surface area contributed by atoms with Crippen molar-refractivity contribution < 1.29 is 4.74 Å². The summed E-state index contributed by atoms with van der Waals surface area (Å²) in [5.74, 6) is 1.75. The molecule has 5 rings (SSSR count). The molecule has 0 bridgehead atoms. The van der Waals surface area contributed by atoms with E-state index in [1.54, 1.807) is 11.8 Å². The SMILES string of the molecule is CC1=CC[C@@H]([C@H]2Nc3ccccc3-c3nnc(SCc4ccc(C)cc4)nc3O2)CC1. The summed E-state index contributed by atoms with van der Waals surface area (Å²) in [7, 11) is 0. The van der Waals surface area contributed by atoms with E-state index in [2.05, 4.69) is 65.8 Å². The molecule has 0 saturated carbocycles. The van der Waals surface area contributed by atoms with Crippen molar-refractivity contribution in [3.8, 4) is 17.1 Å². The maximum Gasteiger partial charge on any atom is 0.247 e. The Morgan fingerprint density at radius 3 is 2.71 bits per heavy atom. The normalized spacial score (nSPS) is 19.9. The average Bonchev–Trinajstić information content (AvgIpc) is 2.96. The van der Waals surface area contributed by atoms with Crippen LogP contribution in [0.25, 0.3) is 11.3 Å².